The summed E-state index contributed by atoms with van der Waals surface area (Å²) in [6.07, 6.45) is -0.301. The highest BCUT2D eigenvalue weighted by Crippen LogP contribution is 2.31. The van der Waals surface area contributed by atoms with Gasteiger partial charge in [-0.15, -0.1) is 0 Å². The molecule has 26 heavy (non-hydrogen) atoms. The standard InChI is InChI=1S/C19H19N3O4/c1-25-16(23)12-19(18(24)26-2)21-15-11-7-6-10-14(15)17(22-19)20-13-8-4-3-5-9-13/h3-11,21H,12H2,1-2H3,(H,20,22). The number of hydrogen-bond donors (Lipinski definition) is 2. The lowest BCUT2D eigenvalue weighted by Gasteiger charge is -2.34. The zero-order valence-electron chi connectivity index (χ0n) is 14.5. The van der Waals surface area contributed by atoms with Crippen molar-refractivity contribution in [2.45, 2.75) is 12.1 Å². The number of nitrogens with zero attached hydrogens (tertiary/aromatic N) is 1. The maximum absolute atomic E-state index is 12.5. The van der Waals surface area contributed by atoms with Crippen LogP contribution in [0.25, 0.3) is 0 Å². The predicted octanol–water partition coefficient (Wildman–Crippen LogP) is 2.40. The molecule has 0 saturated carbocycles. The second kappa shape index (κ2) is 7.26. The third-order valence-electron chi connectivity index (χ3n) is 4.01. The minimum Gasteiger partial charge on any atom is -0.469 e. The molecule has 1 aliphatic rings. The number of anilines is 2. The van der Waals surface area contributed by atoms with Crippen molar-refractivity contribution in [3.63, 3.8) is 0 Å². The molecular formula is C19H19N3O4. The van der Waals surface area contributed by atoms with Crippen molar-refractivity contribution in [1.29, 1.82) is 0 Å². The van der Waals surface area contributed by atoms with E-state index in [1.165, 1.54) is 14.2 Å². The van der Waals surface area contributed by atoms with Crippen molar-refractivity contribution in [2.24, 2.45) is 4.99 Å². The van der Waals surface area contributed by atoms with Crippen LogP contribution >= 0.6 is 0 Å². The minimum atomic E-state index is -1.60. The van der Waals surface area contributed by atoms with Crippen LogP contribution in [0, 0.1) is 0 Å². The highest BCUT2D eigenvalue weighted by atomic mass is 16.5. The lowest BCUT2D eigenvalue weighted by atomic mass is 10.0. The number of amidine groups is 1. The normalized spacial score (nSPS) is 18.0. The molecule has 1 aliphatic heterocycles. The molecule has 0 aromatic heterocycles. The lowest BCUT2D eigenvalue weighted by molar-refractivity contribution is -0.152. The van der Waals surface area contributed by atoms with E-state index in [0.29, 0.717) is 11.5 Å². The summed E-state index contributed by atoms with van der Waals surface area (Å²) in [5.41, 5.74) is 0.642. The Kier molecular flexibility index (Phi) is 4.88. The van der Waals surface area contributed by atoms with Gasteiger partial charge >= 0.3 is 11.9 Å². The molecule has 2 N–H and O–H groups in total. The molecule has 0 saturated heterocycles. The van der Waals surface area contributed by atoms with Crippen LogP contribution in [0.1, 0.15) is 12.0 Å². The average molecular weight is 353 g/mol. The third-order valence-corrected chi connectivity index (χ3v) is 4.01. The van der Waals surface area contributed by atoms with E-state index in [-0.39, 0.29) is 6.42 Å². The number of esters is 2. The van der Waals surface area contributed by atoms with Gasteiger partial charge in [0.25, 0.3) is 0 Å². The second-order valence-corrected chi connectivity index (χ2v) is 5.73. The summed E-state index contributed by atoms with van der Waals surface area (Å²) in [4.78, 5) is 29.0. The number of fused-ring (bicyclic) bond motifs is 1. The van der Waals surface area contributed by atoms with Crippen LogP contribution in [0.4, 0.5) is 11.4 Å². The molecule has 0 aliphatic carbocycles. The van der Waals surface area contributed by atoms with Crippen LogP contribution in [0.3, 0.4) is 0 Å². The Labute approximate surface area is 151 Å². The van der Waals surface area contributed by atoms with Gasteiger partial charge < -0.3 is 20.1 Å². The number of methoxy groups -OCH3 is 2. The van der Waals surface area contributed by atoms with E-state index in [9.17, 15) is 9.59 Å². The summed E-state index contributed by atoms with van der Waals surface area (Å²) in [7, 11) is 2.51. The second-order valence-electron chi connectivity index (χ2n) is 5.73. The highest BCUT2D eigenvalue weighted by Gasteiger charge is 2.45. The Morgan fingerprint density at radius 3 is 2.42 bits per heavy atom. The van der Waals surface area contributed by atoms with E-state index in [1.54, 1.807) is 0 Å². The summed E-state index contributed by atoms with van der Waals surface area (Å²) in [5, 5.41) is 6.25. The first kappa shape index (κ1) is 17.5. The van der Waals surface area contributed by atoms with E-state index >= 15 is 0 Å². The van der Waals surface area contributed by atoms with E-state index in [2.05, 4.69) is 15.6 Å². The Balaban J connectivity index is 2.09. The highest BCUT2D eigenvalue weighted by molar-refractivity contribution is 6.15. The van der Waals surface area contributed by atoms with Gasteiger partial charge in [-0.25, -0.2) is 9.79 Å². The first-order valence-corrected chi connectivity index (χ1v) is 8.03. The van der Waals surface area contributed by atoms with Crippen molar-refractivity contribution < 1.29 is 19.1 Å². The molecule has 2 aromatic rings. The van der Waals surface area contributed by atoms with Crippen LogP contribution in [0.5, 0.6) is 0 Å². The number of carbonyl (C=O) groups excluding carboxylic acids is 2. The van der Waals surface area contributed by atoms with Crippen LogP contribution in [0.15, 0.2) is 59.6 Å². The van der Waals surface area contributed by atoms with Crippen molar-refractivity contribution in [3.8, 4) is 0 Å². The van der Waals surface area contributed by atoms with Crippen molar-refractivity contribution >= 4 is 29.1 Å². The summed E-state index contributed by atoms with van der Waals surface area (Å²) >= 11 is 0. The fourth-order valence-corrected chi connectivity index (χ4v) is 2.76. The number of benzene rings is 2. The molecule has 0 fully saturated rings. The summed E-state index contributed by atoms with van der Waals surface area (Å²) in [6, 6.07) is 16.8. The minimum absolute atomic E-state index is 0.301. The zero-order valence-corrected chi connectivity index (χ0v) is 14.5. The fraction of sp³-hybridized carbons (Fsp3) is 0.211. The quantitative estimate of drug-likeness (QED) is 0.821. The number of nitrogens with one attached hydrogen (secondary N) is 2. The largest absolute Gasteiger partial charge is 0.469 e. The molecule has 0 amide bonds. The number of para-hydroxylation sites is 2. The number of aliphatic imine (C=N–C) groups is 1. The van der Waals surface area contributed by atoms with Gasteiger partial charge in [-0.1, -0.05) is 30.3 Å². The van der Waals surface area contributed by atoms with E-state index in [0.717, 1.165) is 11.3 Å². The van der Waals surface area contributed by atoms with Gasteiger partial charge in [0.2, 0.25) is 5.66 Å². The molecular weight excluding hydrogens is 334 g/mol. The Morgan fingerprint density at radius 2 is 1.73 bits per heavy atom. The Morgan fingerprint density at radius 1 is 1.04 bits per heavy atom. The van der Waals surface area contributed by atoms with Crippen LogP contribution in [-0.2, 0) is 19.1 Å². The number of ether oxygens (including phenoxy) is 2. The Hall–Kier alpha value is -3.35. The molecule has 0 radical (unpaired) electrons. The monoisotopic (exact) mass is 353 g/mol. The van der Waals surface area contributed by atoms with Crippen molar-refractivity contribution in [2.75, 3.05) is 24.9 Å². The maximum atomic E-state index is 12.5. The summed E-state index contributed by atoms with van der Waals surface area (Å²) < 4.78 is 9.65. The van der Waals surface area contributed by atoms with Crippen LogP contribution in [0.2, 0.25) is 0 Å². The molecule has 7 heteroatoms. The molecule has 1 unspecified atom stereocenters. The first-order chi connectivity index (χ1) is 12.6. The first-order valence-electron chi connectivity index (χ1n) is 8.03. The zero-order chi connectivity index (χ0) is 18.6. The number of hydrogen-bond acceptors (Lipinski definition) is 7. The number of carbonyl (C=O) groups is 2. The van der Waals surface area contributed by atoms with Gasteiger partial charge in [0.1, 0.15) is 12.3 Å². The summed E-state index contributed by atoms with van der Waals surface area (Å²) in [5.74, 6) is -0.797. The molecule has 3 rings (SSSR count). The number of rotatable bonds is 4. The van der Waals surface area contributed by atoms with Crippen LogP contribution < -0.4 is 10.6 Å². The third kappa shape index (κ3) is 3.37. The van der Waals surface area contributed by atoms with Gasteiger partial charge in [0.15, 0.2) is 0 Å². The average Bonchev–Trinajstić information content (AvgIpc) is 2.68. The van der Waals surface area contributed by atoms with E-state index < -0.39 is 17.6 Å². The van der Waals surface area contributed by atoms with Crippen LogP contribution in [-0.4, -0.2) is 37.7 Å². The maximum Gasteiger partial charge on any atom is 0.355 e. The molecule has 1 atom stereocenters. The molecule has 0 bridgehead atoms. The van der Waals surface area contributed by atoms with Crippen molar-refractivity contribution in [1.82, 2.24) is 0 Å². The molecule has 2 aromatic carbocycles. The van der Waals surface area contributed by atoms with E-state index in [4.69, 9.17) is 9.47 Å². The van der Waals surface area contributed by atoms with Gasteiger partial charge in [0, 0.05) is 16.9 Å². The SMILES string of the molecule is COC(=O)CC1(C(=O)OC)N=C(Nc2ccccc2)c2ccccc2N1. The predicted molar refractivity (Wildman–Crippen MR) is 98.0 cm³/mol. The van der Waals surface area contributed by atoms with E-state index in [1.807, 2.05) is 54.6 Å². The smallest absolute Gasteiger partial charge is 0.355 e. The topological polar surface area (TPSA) is 89.0 Å². The Bertz CT molecular complexity index is 851. The van der Waals surface area contributed by atoms with Gasteiger partial charge in [0.05, 0.1) is 14.2 Å². The fourth-order valence-electron chi connectivity index (χ4n) is 2.76. The van der Waals surface area contributed by atoms with Gasteiger partial charge in [-0.05, 0) is 24.3 Å². The van der Waals surface area contributed by atoms with Crippen molar-refractivity contribution in [3.05, 3.63) is 60.2 Å². The lowest BCUT2D eigenvalue weighted by Crippen LogP contribution is -2.51. The van der Waals surface area contributed by atoms with Gasteiger partial charge in [-0.3, -0.25) is 4.79 Å². The molecule has 0 spiro atoms. The summed E-state index contributed by atoms with van der Waals surface area (Å²) in [6.45, 7) is 0. The molecule has 1 heterocycles. The molecule has 134 valence electrons. The molecule has 7 nitrogen and oxygen atoms in total. The van der Waals surface area contributed by atoms with Gasteiger partial charge in [-0.2, -0.15) is 0 Å².